The van der Waals surface area contributed by atoms with Gasteiger partial charge in [-0.3, -0.25) is 9.59 Å². The van der Waals surface area contributed by atoms with Gasteiger partial charge in [-0.2, -0.15) is 0 Å². The number of nitrogens with zero attached hydrogens (tertiary/aromatic N) is 1. The fourth-order valence-corrected chi connectivity index (χ4v) is 3.94. The van der Waals surface area contributed by atoms with E-state index in [1.807, 2.05) is 6.92 Å². The molecule has 3 aromatic carbocycles. The largest absolute Gasteiger partial charge is 0.494 e. The summed E-state index contributed by atoms with van der Waals surface area (Å²) in [4.78, 5) is 27.8. The molecule has 0 N–H and O–H groups in total. The Labute approximate surface area is 215 Å². The molecule has 0 aromatic heterocycles. The maximum atomic E-state index is 14.8. The Morgan fingerprint density at radius 1 is 0.789 bits per heavy atom. The van der Waals surface area contributed by atoms with Crippen molar-refractivity contribution >= 4 is 23.8 Å². The second kappa shape index (κ2) is 11.4. The number of hydrogen-bond acceptors (Lipinski definition) is 3. The number of likely N-dealkylation sites (tertiary alicyclic amines) is 1. The van der Waals surface area contributed by atoms with Crippen molar-refractivity contribution in [3.05, 3.63) is 112 Å². The van der Waals surface area contributed by atoms with Crippen molar-refractivity contribution in [1.82, 2.24) is 4.90 Å². The molecule has 0 spiro atoms. The minimum Gasteiger partial charge on any atom is -0.494 e. The molecule has 0 radical (unpaired) electrons. The summed E-state index contributed by atoms with van der Waals surface area (Å²) in [6.45, 7) is 1.76. The SMILES string of the molecule is CCCOc1ccc(C(=O)N2C/C(=C\c3ccc(F)c(F)c3)C(=O)/C(=C/c3ccc(F)c(F)c3)C2)c(F)c1. The highest BCUT2D eigenvalue weighted by atomic mass is 19.2. The Hall–Kier alpha value is -4.27. The molecule has 196 valence electrons. The molecule has 1 aliphatic heterocycles. The summed E-state index contributed by atoms with van der Waals surface area (Å²) in [5.41, 5.74) is 0.137. The van der Waals surface area contributed by atoms with Gasteiger partial charge in [0.05, 0.1) is 25.3 Å². The monoisotopic (exact) mass is 527 g/mol. The molecule has 1 saturated heterocycles. The van der Waals surface area contributed by atoms with Crippen molar-refractivity contribution in [3.63, 3.8) is 0 Å². The van der Waals surface area contributed by atoms with Crippen LogP contribution in [0.1, 0.15) is 34.8 Å². The average molecular weight is 527 g/mol. The zero-order chi connectivity index (χ0) is 27.4. The van der Waals surface area contributed by atoms with E-state index in [1.54, 1.807) is 0 Å². The predicted octanol–water partition coefficient (Wildman–Crippen LogP) is 6.36. The zero-order valence-electron chi connectivity index (χ0n) is 20.2. The van der Waals surface area contributed by atoms with Crippen LogP contribution in [0.5, 0.6) is 5.75 Å². The maximum absolute atomic E-state index is 14.8. The number of ketones is 1. The van der Waals surface area contributed by atoms with Gasteiger partial charge < -0.3 is 9.64 Å². The van der Waals surface area contributed by atoms with Crippen LogP contribution in [-0.4, -0.2) is 36.3 Å². The van der Waals surface area contributed by atoms with Crippen LogP contribution in [0.3, 0.4) is 0 Å². The first-order valence-electron chi connectivity index (χ1n) is 11.7. The van der Waals surface area contributed by atoms with Crippen molar-refractivity contribution in [1.29, 1.82) is 0 Å². The van der Waals surface area contributed by atoms with E-state index in [1.165, 1.54) is 41.3 Å². The van der Waals surface area contributed by atoms with E-state index >= 15 is 0 Å². The molecule has 0 saturated carbocycles. The van der Waals surface area contributed by atoms with Crippen molar-refractivity contribution in [2.24, 2.45) is 0 Å². The van der Waals surface area contributed by atoms with E-state index in [-0.39, 0.29) is 46.7 Å². The van der Waals surface area contributed by atoms with Crippen LogP contribution in [0, 0.1) is 29.1 Å². The van der Waals surface area contributed by atoms with Gasteiger partial charge >= 0.3 is 0 Å². The lowest BCUT2D eigenvalue weighted by atomic mass is 9.93. The van der Waals surface area contributed by atoms with Crippen LogP contribution in [0.15, 0.2) is 65.7 Å². The highest BCUT2D eigenvalue weighted by molar-refractivity contribution is 6.15. The quantitative estimate of drug-likeness (QED) is 0.277. The lowest BCUT2D eigenvalue weighted by molar-refractivity contribution is -0.113. The first kappa shape index (κ1) is 26.8. The summed E-state index contributed by atoms with van der Waals surface area (Å²) in [6.07, 6.45) is 3.30. The summed E-state index contributed by atoms with van der Waals surface area (Å²) in [5.74, 6) is -6.22. The third-order valence-electron chi connectivity index (χ3n) is 5.81. The van der Waals surface area contributed by atoms with Crippen LogP contribution < -0.4 is 4.74 Å². The first-order chi connectivity index (χ1) is 18.2. The minimum atomic E-state index is -1.12. The Bertz CT molecular complexity index is 1390. The molecule has 0 unspecified atom stereocenters. The van der Waals surface area contributed by atoms with E-state index in [4.69, 9.17) is 4.74 Å². The number of halogens is 5. The second-order valence-electron chi connectivity index (χ2n) is 8.67. The van der Waals surface area contributed by atoms with Gasteiger partial charge in [-0.15, -0.1) is 0 Å². The Balaban J connectivity index is 1.72. The highest BCUT2D eigenvalue weighted by Gasteiger charge is 2.31. The normalized spacial score (nSPS) is 15.8. The van der Waals surface area contributed by atoms with Gasteiger partial charge in [-0.25, -0.2) is 22.0 Å². The van der Waals surface area contributed by atoms with E-state index in [9.17, 15) is 31.5 Å². The lowest BCUT2D eigenvalue weighted by Gasteiger charge is -2.30. The number of amides is 1. The molecular weight excluding hydrogens is 505 g/mol. The smallest absolute Gasteiger partial charge is 0.257 e. The number of Topliss-reactive ketones (excluding diaryl/α,β-unsaturated/α-hetero) is 1. The predicted molar refractivity (Wildman–Crippen MR) is 132 cm³/mol. The molecule has 1 amide bonds. The number of benzene rings is 3. The number of ether oxygens (including phenoxy) is 1. The highest BCUT2D eigenvalue weighted by Crippen LogP contribution is 2.26. The fourth-order valence-electron chi connectivity index (χ4n) is 3.94. The number of rotatable bonds is 6. The molecule has 0 atom stereocenters. The summed E-state index contributed by atoms with van der Waals surface area (Å²) >= 11 is 0. The van der Waals surface area contributed by atoms with Gasteiger partial charge in [0.25, 0.3) is 5.91 Å². The summed E-state index contributed by atoms with van der Waals surface area (Å²) < 4.78 is 74.5. The van der Waals surface area contributed by atoms with E-state index in [0.29, 0.717) is 13.0 Å². The summed E-state index contributed by atoms with van der Waals surface area (Å²) in [7, 11) is 0. The molecular formula is C29H22F5NO3. The molecule has 3 aromatic rings. The topological polar surface area (TPSA) is 46.6 Å². The van der Waals surface area contributed by atoms with Crippen molar-refractivity contribution in [3.8, 4) is 5.75 Å². The van der Waals surface area contributed by atoms with Crippen LogP contribution in [0.25, 0.3) is 12.2 Å². The van der Waals surface area contributed by atoms with Crippen molar-refractivity contribution < 1.29 is 36.3 Å². The molecule has 0 aliphatic carbocycles. The van der Waals surface area contributed by atoms with Gasteiger partial charge in [0, 0.05) is 17.2 Å². The first-order valence-corrected chi connectivity index (χ1v) is 11.7. The molecule has 1 aliphatic rings. The van der Waals surface area contributed by atoms with Gasteiger partial charge in [0.1, 0.15) is 11.6 Å². The third-order valence-corrected chi connectivity index (χ3v) is 5.81. The second-order valence-corrected chi connectivity index (χ2v) is 8.67. The van der Waals surface area contributed by atoms with E-state index in [0.717, 1.165) is 30.3 Å². The van der Waals surface area contributed by atoms with Gasteiger partial charge in [-0.05, 0) is 66.1 Å². The number of carbonyl (C=O) groups is 2. The Kier molecular flexibility index (Phi) is 8.05. The summed E-state index contributed by atoms with van der Waals surface area (Å²) in [6, 6.07) is 9.91. The fraction of sp³-hybridized carbons (Fsp3) is 0.172. The molecule has 1 heterocycles. The standard InChI is InChI=1S/C29H22F5NO3/c1-2-9-38-21-5-6-22(25(32)14-21)29(37)35-15-19(10-17-3-7-23(30)26(33)12-17)28(36)20(16-35)11-18-4-8-24(31)27(34)13-18/h3-8,10-14H,2,9,15-16H2,1H3/b19-10+,20-11+. The average Bonchev–Trinajstić information content (AvgIpc) is 2.89. The van der Waals surface area contributed by atoms with E-state index < -0.39 is 40.8 Å². The number of hydrogen-bond donors (Lipinski definition) is 0. The van der Waals surface area contributed by atoms with Gasteiger partial charge in [0.15, 0.2) is 29.1 Å². The molecule has 1 fully saturated rings. The molecule has 9 heteroatoms. The van der Waals surface area contributed by atoms with Crippen LogP contribution >= 0.6 is 0 Å². The minimum absolute atomic E-state index is 0.0350. The Morgan fingerprint density at radius 3 is 1.82 bits per heavy atom. The van der Waals surface area contributed by atoms with Crippen LogP contribution in [0.2, 0.25) is 0 Å². The van der Waals surface area contributed by atoms with Crippen molar-refractivity contribution in [2.75, 3.05) is 19.7 Å². The van der Waals surface area contributed by atoms with Crippen LogP contribution in [0.4, 0.5) is 22.0 Å². The third kappa shape index (κ3) is 5.99. The van der Waals surface area contributed by atoms with Gasteiger partial charge in [-0.1, -0.05) is 19.1 Å². The lowest BCUT2D eigenvalue weighted by Crippen LogP contribution is -2.42. The molecule has 38 heavy (non-hydrogen) atoms. The molecule has 0 bridgehead atoms. The maximum Gasteiger partial charge on any atom is 0.257 e. The number of carbonyl (C=O) groups excluding carboxylic acids is 2. The van der Waals surface area contributed by atoms with Gasteiger partial charge in [0.2, 0.25) is 0 Å². The zero-order valence-corrected chi connectivity index (χ0v) is 20.2. The van der Waals surface area contributed by atoms with Crippen molar-refractivity contribution in [2.45, 2.75) is 13.3 Å². The molecule has 4 nitrogen and oxygen atoms in total. The number of piperidine rings is 1. The van der Waals surface area contributed by atoms with Crippen LogP contribution in [-0.2, 0) is 4.79 Å². The van der Waals surface area contributed by atoms with E-state index in [2.05, 4.69) is 0 Å². The molecule has 4 rings (SSSR count). The Morgan fingerprint density at radius 2 is 1.34 bits per heavy atom. The summed E-state index contributed by atoms with van der Waals surface area (Å²) in [5, 5.41) is 0.